The Bertz CT molecular complexity index is 222. The zero-order chi connectivity index (χ0) is 11.1. The Morgan fingerprint density at radius 2 is 2.27 bits per heavy atom. The van der Waals surface area contributed by atoms with Crippen molar-refractivity contribution in [1.29, 1.82) is 5.26 Å². The maximum absolute atomic E-state index is 9.29. The SMILES string of the molecule is CCCNC1(C#N)CCOC(CCC)C1. The smallest absolute Gasteiger partial charge is 0.111 e. The Morgan fingerprint density at radius 3 is 2.87 bits per heavy atom. The maximum Gasteiger partial charge on any atom is 0.111 e. The number of rotatable bonds is 5. The highest BCUT2D eigenvalue weighted by Crippen LogP contribution is 2.26. The summed E-state index contributed by atoms with van der Waals surface area (Å²) in [5, 5.41) is 12.7. The molecule has 1 aliphatic rings. The third-order valence-electron chi connectivity index (χ3n) is 3.00. The Morgan fingerprint density at radius 1 is 1.47 bits per heavy atom. The van der Waals surface area contributed by atoms with Crippen LogP contribution in [0.5, 0.6) is 0 Å². The summed E-state index contributed by atoms with van der Waals surface area (Å²) in [5.74, 6) is 0. The van der Waals surface area contributed by atoms with E-state index in [2.05, 4.69) is 25.2 Å². The molecule has 3 nitrogen and oxygen atoms in total. The molecule has 86 valence electrons. The van der Waals surface area contributed by atoms with E-state index >= 15 is 0 Å². The number of nitrogens with zero attached hydrogens (tertiary/aromatic N) is 1. The van der Waals surface area contributed by atoms with E-state index in [4.69, 9.17) is 4.74 Å². The molecular weight excluding hydrogens is 188 g/mol. The fraction of sp³-hybridized carbons (Fsp3) is 0.917. The van der Waals surface area contributed by atoms with Gasteiger partial charge in [0.05, 0.1) is 12.2 Å². The minimum absolute atomic E-state index is 0.271. The van der Waals surface area contributed by atoms with Crippen molar-refractivity contribution in [3.63, 3.8) is 0 Å². The Balaban J connectivity index is 2.52. The summed E-state index contributed by atoms with van der Waals surface area (Å²) in [6, 6.07) is 2.45. The molecule has 1 fully saturated rings. The topological polar surface area (TPSA) is 45.0 Å². The van der Waals surface area contributed by atoms with Crippen LogP contribution in [0.15, 0.2) is 0 Å². The first kappa shape index (κ1) is 12.5. The number of ether oxygens (including phenoxy) is 1. The molecule has 1 N–H and O–H groups in total. The van der Waals surface area contributed by atoms with Crippen LogP contribution in [0.4, 0.5) is 0 Å². The zero-order valence-electron chi connectivity index (χ0n) is 9.88. The van der Waals surface area contributed by atoms with Gasteiger partial charge < -0.3 is 4.74 Å². The van der Waals surface area contributed by atoms with Gasteiger partial charge in [-0.25, -0.2) is 0 Å². The van der Waals surface area contributed by atoms with Gasteiger partial charge in [-0.3, -0.25) is 5.32 Å². The highest BCUT2D eigenvalue weighted by atomic mass is 16.5. The quantitative estimate of drug-likeness (QED) is 0.756. The van der Waals surface area contributed by atoms with Crippen LogP contribution in [0.25, 0.3) is 0 Å². The lowest BCUT2D eigenvalue weighted by Crippen LogP contribution is -2.51. The number of hydrogen-bond donors (Lipinski definition) is 1. The third kappa shape index (κ3) is 3.48. The van der Waals surface area contributed by atoms with Crippen molar-refractivity contribution >= 4 is 0 Å². The normalized spacial score (nSPS) is 31.1. The first-order valence-corrected chi connectivity index (χ1v) is 6.04. The average molecular weight is 210 g/mol. The van der Waals surface area contributed by atoms with Crippen LogP contribution in [0.2, 0.25) is 0 Å². The summed E-state index contributed by atoms with van der Waals surface area (Å²) >= 11 is 0. The molecule has 0 spiro atoms. The average Bonchev–Trinajstić information content (AvgIpc) is 2.27. The van der Waals surface area contributed by atoms with Gasteiger partial charge in [0, 0.05) is 19.4 Å². The van der Waals surface area contributed by atoms with Gasteiger partial charge in [-0.1, -0.05) is 20.3 Å². The van der Waals surface area contributed by atoms with Crippen LogP contribution in [0.1, 0.15) is 46.0 Å². The molecule has 0 aliphatic carbocycles. The van der Waals surface area contributed by atoms with Crippen LogP contribution < -0.4 is 5.32 Å². The molecule has 1 saturated heterocycles. The molecular formula is C12H22N2O. The van der Waals surface area contributed by atoms with Gasteiger partial charge in [0.15, 0.2) is 0 Å². The van der Waals surface area contributed by atoms with Crippen LogP contribution in [-0.4, -0.2) is 24.8 Å². The fourth-order valence-electron chi connectivity index (χ4n) is 2.12. The molecule has 0 aromatic heterocycles. The number of nitriles is 1. The lowest BCUT2D eigenvalue weighted by molar-refractivity contribution is -0.0185. The third-order valence-corrected chi connectivity index (χ3v) is 3.00. The molecule has 0 aromatic carbocycles. The van der Waals surface area contributed by atoms with Crippen molar-refractivity contribution in [2.75, 3.05) is 13.2 Å². The predicted octanol–water partition coefficient (Wildman–Crippen LogP) is 2.23. The standard InChI is InChI=1S/C12H22N2O/c1-3-5-11-9-12(10-13,6-8-15-11)14-7-4-2/h11,14H,3-9H2,1-2H3. The van der Waals surface area contributed by atoms with Crippen molar-refractivity contribution in [2.24, 2.45) is 0 Å². The summed E-state index contributed by atoms with van der Waals surface area (Å²) in [5.41, 5.74) is -0.325. The second-order valence-corrected chi connectivity index (χ2v) is 4.36. The van der Waals surface area contributed by atoms with Crippen molar-refractivity contribution in [1.82, 2.24) is 5.32 Å². The van der Waals surface area contributed by atoms with Crippen LogP contribution in [0.3, 0.4) is 0 Å². The Hall–Kier alpha value is -0.590. The Kier molecular flexibility index (Phi) is 5.07. The second kappa shape index (κ2) is 6.09. The fourth-order valence-corrected chi connectivity index (χ4v) is 2.12. The molecule has 1 rings (SSSR count). The summed E-state index contributed by atoms with van der Waals surface area (Å²) in [4.78, 5) is 0. The van der Waals surface area contributed by atoms with Gasteiger partial charge in [0.2, 0.25) is 0 Å². The largest absolute Gasteiger partial charge is 0.378 e. The lowest BCUT2D eigenvalue weighted by Gasteiger charge is -2.36. The maximum atomic E-state index is 9.29. The van der Waals surface area contributed by atoms with Gasteiger partial charge in [-0.05, 0) is 19.4 Å². The number of nitrogens with one attached hydrogen (secondary N) is 1. The van der Waals surface area contributed by atoms with Crippen LogP contribution in [-0.2, 0) is 4.74 Å². The molecule has 0 aromatic rings. The zero-order valence-corrected chi connectivity index (χ0v) is 9.88. The van der Waals surface area contributed by atoms with E-state index in [1.54, 1.807) is 0 Å². The molecule has 0 amide bonds. The molecule has 3 heteroatoms. The highest BCUT2D eigenvalue weighted by Gasteiger charge is 2.36. The predicted molar refractivity (Wildman–Crippen MR) is 60.5 cm³/mol. The summed E-state index contributed by atoms with van der Waals surface area (Å²) in [6.45, 7) is 5.92. The van der Waals surface area contributed by atoms with Gasteiger partial charge in [-0.15, -0.1) is 0 Å². The monoisotopic (exact) mass is 210 g/mol. The minimum Gasteiger partial charge on any atom is -0.378 e. The van der Waals surface area contributed by atoms with E-state index in [9.17, 15) is 5.26 Å². The van der Waals surface area contributed by atoms with Crippen molar-refractivity contribution < 1.29 is 4.74 Å². The highest BCUT2D eigenvalue weighted by molar-refractivity contribution is 5.09. The van der Waals surface area contributed by atoms with E-state index < -0.39 is 0 Å². The van der Waals surface area contributed by atoms with Gasteiger partial charge in [0.25, 0.3) is 0 Å². The van der Waals surface area contributed by atoms with Gasteiger partial charge in [0.1, 0.15) is 5.54 Å². The molecule has 0 bridgehead atoms. The Labute approximate surface area is 92.8 Å². The molecule has 1 heterocycles. The lowest BCUT2D eigenvalue weighted by atomic mass is 9.86. The molecule has 0 saturated carbocycles. The van der Waals surface area contributed by atoms with E-state index in [1.165, 1.54) is 0 Å². The number of hydrogen-bond acceptors (Lipinski definition) is 3. The molecule has 0 radical (unpaired) electrons. The molecule has 2 unspecified atom stereocenters. The molecule has 2 atom stereocenters. The first-order chi connectivity index (χ1) is 7.26. The van der Waals surface area contributed by atoms with E-state index in [0.717, 1.165) is 45.3 Å². The van der Waals surface area contributed by atoms with E-state index in [1.807, 2.05) is 0 Å². The van der Waals surface area contributed by atoms with Gasteiger partial charge in [-0.2, -0.15) is 5.26 Å². The molecule has 1 aliphatic heterocycles. The van der Waals surface area contributed by atoms with Crippen molar-refractivity contribution in [3.8, 4) is 6.07 Å². The summed E-state index contributed by atoms with van der Waals surface area (Å²) < 4.78 is 5.66. The van der Waals surface area contributed by atoms with E-state index in [0.29, 0.717) is 0 Å². The molecule has 15 heavy (non-hydrogen) atoms. The van der Waals surface area contributed by atoms with E-state index in [-0.39, 0.29) is 11.6 Å². The van der Waals surface area contributed by atoms with Crippen molar-refractivity contribution in [2.45, 2.75) is 57.6 Å². The van der Waals surface area contributed by atoms with Gasteiger partial charge >= 0.3 is 0 Å². The van der Waals surface area contributed by atoms with Crippen LogP contribution >= 0.6 is 0 Å². The summed E-state index contributed by atoms with van der Waals surface area (Å²) in [6.07, 6.45) is 5.20. The summed E-state index contributed by atoms with van der Waals surface area (Å²) in [7, 11) is 0. The van der Waals surface area contributed by atoms with Crippen LogP contribution in [0, 0.1) is 11.3 Å². The van der Waals surface area contributed by atoms with Crippen molar-refractivity contribution in [3.05, 3.63) is 0 Å². The first-order valence-electron chi connectivity index (χ1n) is 6.04. The minimum atomic E-state index is -0.325. The second-order valence-electron chi connectivity index (χ2n) is 4.36.